The molecule has 0 saturated carbocycles. The first kappa shape index (κ1) is 23.1. The van der Waals surface area contributed by atoms with Gasteiger partial charge in [0.15, 0.2) is 0 Å². The number of thiophene rings is 1. The van der Waals surface area contributed by atoms with Crippen molar-refractivity contribution in [2.24, 2.45) is 0 Å². The van der Waals surface area contributed by atoms with Gasteiger partial charge in [0.1, 0.15) is 10.6 Å². The first-order chi connectivity index (χ1) is 15.7. The topological polar surface area (TPSA) is 93.1 Å². The Kier molecular flexibility index (Phi) is 6.59. The first-order valence-corrected chi connectivity index (χ1v) is 12.6. The fourth-order valence-corrected chi connectivity index (χ4v) is 5.45. The Balaban J connectivity index is 1.38. The minimum absolute atomic E-state index is 0.0736. The van der Waals surface area contributed by atoms with E-state index < -0.39 is 10.0 Å². The number of nitrogens with one attached hydrogen (secondary N) is 2. The van der Waals surface area contributed by atoms with Gasteiger partial charge in [-0.3, -0.25) is 9.48 Å². The Bertz CT molecular complexity index is 1390. The van der Waals surface area contributed by atoms with Gasteiger partial charge in [-0.2, -0.15) is 5.10 Å². The molecule has 0 saturated heterocycles. The van der Waals surface area contributed by atoms with Crippen molar-refractivity contribution >= 4 is 37.5 Å². The molecule has 2 aromatic carbocycles. The Hall–Kier alpha value is -3.08. The molecule has 33 heavy (non-hydrogen) atoms. The third kappa shape index (κ3) is 5.29. The van der Waals surface area contributed by atoms with Crippen molar-refractivity contribution in [2.75, 3.05) is 13.1 Å². The van der Waals surface area contributed by atoms with E-state index in [9.17, 15) is 17.6 Å². The van der Waals surface area contributed by atoms with E-state index in [1.165, 1.54) is 23.5 Å². The molecule has 4 aromatic rings. The van der Waals surface area contributed by atoms with Crippen LogP contribution in [0.5, 0.6) is 0 Å². The average molecular weight is 487 g/mol. The molecule has 1 amide bonds. The lowest BCUT2D eigenvalue weighted by Crippen LogP contribution is -2.34. The molecule has 0 bridgehead atoms. The first-order valence-electron chi connectivity index (χ1n) is 10.3. The van der Waals surface area contributed by atoms with Gasteiger partial charge in [-0.05, 0) is 49.7 Å². The lowest BCUT2D eigenvalue weighted by atomic mass is 10.2. The number of amides is 1. The minimum atomic E-state index is -3.63. The van der Waals surface area contributed by atoms with Crippen LogP contribution in [-0.2, 0) is 16.6 Å². The summed E-state index contributed by atoms with van der Waals surface area (Å²) in [6, 6.07) is 14.6. The van der Waals surface area contributed by atoms with Crippen LogP contribution >= 0.6 is 11.3 Å². The van der Waals surface area contributed by atoms with Crippen LogP contribution in [0.3, 0.4) is 0 Å². The maximum atomic E-state index is 13.2. The summed E-state index contributed by atoms with van der Waals surface area (Å²) in [5.74, 6) is -0.574. The molecule has 0 atom stereocenters. The Morgan fingerprint density at radius 1 is 1.06 bits per heavy atom. The molecule has 2 N–H and O–H groups in total. The van der Waals surface area contributed by atoms with Crippen molar-refractivity contribution in [1.29, 1.82) is 0 Å². The molecule has 2 heterocycles. The highest BCUT2D eigenvalue weighted by molar-refractivity contribution is 7.89. The summed E-state index contributed by atoms with van der Waals surface area (Å²) >= 11 is 1.31. The number of sulfonamides is 1. The van der Waals surface area contributed by atoms with Crippen LogP contribution in [0.4, 0.5) is 4.39 Å². The number of halogens is 1. The molecule has 0 aliphatic heterocycles. The highest BCUT2D eigenvalue weighted by Gasteiger charge is 2.17. The Morgan fingerprint density at radius 2 is 1.76 bits per heavy atom. The van der Waals surface area contributed by atoms with Crippen molar-refractivity contribution in [3.63, 3.8) is 0 Å². The van der Waals surface area contributed by atoms with Crippen LogP contribution in [-0.4, -0.2) is 37.2 Å². The standard InChI is InChI=1S/C23H23FN4O3S2/c1-15-3-9-19(10-4-15)33(30,31)26-12-11-25-22(29)21-13-20-16(2)27-28(23(20)32-21)14-17-5-7-18(24)8-6-17/h3-10,13,26H,11-12,14H2,1-2H3,(H,25,29). The van der Waals surface area contributed by atoms with Crippen LogP contribution in [0.1, 0.15) is 26.5 Å². The van der Waals surface area contributed by atoms with E-state index >= 15 is 0 Å². The SMILES string of the molecule is Cc1ccc(S(=O)(=O)NCCNC(=O)c2cc3c(C)nn(Cc4ccc(F)cc4)c3s2)cc1. The Labute approximate surface area is 195 Å². The van der Waals surface area contributed by atoms with Gasteiger partial charge < -0.3 is 5.32 Å². The van der Waals surface area contributed by atoms with Crippen molar-refractivity contribution < 1.29 is 17.6 Å². The highest BCUT2D eigenvalue weighted by Crippen LogP contribution is 2.29. The van der Waals surface area contributed by atoms with Gasteiger partial charge in [0, 0.05) is 18.5 Å². The smallest absolute Gasteiger partial charge is 0.261 e. The second kappa shape index (κ2) is 9.42. The third-order valence-corrected chi connectivity index (χ3v) is 7.73. The largest absolute Gasteiger partial charge is 0.350 e. The number of rotatable bonds is 8. The van der Waals surface area contributed by atoms with E-state index in [-0.39, 0.29) is 29.7 Å². The molecular formula is C23H23FN4O3S2. The van der Waals surface area contributed by atoms with Gasteiger partial charge in [0.2, 0.25) is 10.0 Å². The summed E-state index contributed by atoms with van der Waals surface area (Å²) < 4.78 is 42.1. The van der Waals surface area contributed by atoms with Gasteiger partial charge in [-0.1, -0.05) is 29.8 Å². The summed E-state index contributed by atoms with van der Waals surface area (Å²) in [5, 5.41) is 8.16. The zero-order valence-electron chi connectivity index (χ0n) is 18.1. The fraction of sp³-hybridized carbons (Fsp3) is 0.217. The number of hydrogen-bond donors (Lipinski definition) is 2. The molecule has 10 heteroatoms. The van der Waals surface area contributed by atoms with Gasteiger partial charge in [0.25, 0.3) is 5.91 Å². The summed E-state index contributed by atoms with van der Waals surface area (Å²) in [7, 11) is -3.63. The Morgan fingerprint density at radius 3 is 2.45 bits per heavy atom. The molecule has 2 aromatic heterocycles. The van der Waals surface area contributed by atoms with Crippen molar-refractivity contribution in [1.82, 2.24) is 19.8 Å². The molecule has 0 fully saturated rings. The van der Waals surface area contributed by atoms with E-state index in [2.05, 4.69) is 15.1 Å². The summed E-state index contributed by atoms with van der Waals surface area (Å²) in [6.07, 6.45) is 0. The van der Waals surface area contributed by atoms with E-state index in [1.54, 1.807) is 47.1 Å². The quantitative estimate of drug-likeness (QED) is 0.372. The van der Waals surface area contributed by atoms with Crippen LogP contribution in [0.2, 0.25) is 0 Å². The van der Waals surface area contributed by atoms with Gasteiger partial charge in [0.05, 0.1) is 22.0 Å². The van der Waals surface area contributed by atoms with Gasteiger partial charge in [-0.25, -0.2) is 17.5 Å². The number of carbonyl (C=O) groups is 1. The summed E-state index contributed by atoms with van der Waals surface area (Å²) in [6.45, 7) is 4.45. The molecule has 172 valence electrons. The predicted molar refractivity (Wildman–Crippen MR) is 127 cm³/mol. The molecule has 0 radical (unpaired) electrons. The van der Waals surface area contributed by atoms with E-state index in [0.29, 0.717) is 11.4 Å². The number of benzene rings is 2. The molecular weight excluding hydrogens is 463 g/mol. The lowest BCUT2D eigenvalue weighted by molar-refractivity contribution is 0.0958. The number of fused-ring (bicyclic) bond motifs is 1. The average Bonchev–Trinajstić information content (AvgIpc) is 3.34. The normalized spacial score (nSPS) is 11.7. The van der Waals surface area contributed by atoms with Gasteiger partial charge >= 0.3 is 0 Å². The number of aryl methyl sites for hydroxylation is 2. The highest BCUT2D eigenvalue weighted by atomic mass is 32.2. The van der Waals surface area contributed by atoms with Crippen LogP contribution in [0.15, 0.2) is 59.5 Å². The second-order valence-electron chi connectivity index (χ2n) is 7.67. The van der Waals surface area contributed by atoms with Crippen LogP contribution in [0, 0.1) is 19.7 Å². The molecule has 0 aliphatic rings. The van der Waals surface area contributed by atoms with Crippen molar-refractivity contribution in [2.45, 2.75) is 25.3 Å². The number of carbonyl (C=O) groups excluding carboxylic acids is 1. The zero-order valence-corrected chi connectivity index (χ0v) is 19.8. The lowest BCUT2D eigenvalue weighted by Gasteiger charge is -2.08. The fourth-order valence-electron chi connectivity index (χ4n) is 3.34. The van der Waals surface area contributed by atoms with Crippen molar-refractivity contribution in [3.05, 3.63) is 82.1 Å². The predicted octanol–water partition coefficient (Wildman–Crippen LogP) is 3.61. The molecule has 0 aliphatic carbocycles. The number of nitrogens with zero attached hydrogens (tertiary/aromatic N) is 2. The van der Waals surface area contributed by atoms with E-state index in [4.69, 9.17) is 0 Å². The molecule has 0 spiro atoms. The van der Waals surface area contributed by atoms with Gasteiger partial charge in [-0.15, -0.1) is 11.3 Å². The number of hydrogen-bond acceptors (Lipinski definition) is 5. The monoisotopic (exact) mass is 486 g/mol. The van der Waals surface area contributed by atoms with Crippen molar-refractivity contribution in [3.8, 4) is 0 Å². The molecule has 7 nitrogen and oxygen atoms in total. The maximum absolute atomic E-state index is 13.2. The minimum Gasteiger partial charge on any atom is -0.350 e. The van der Waals surface area contributed by atoms with Crippen LogP contribution < -0.4 is 10.0 Å². The molecule has 0 unspecified atom stereocenters. The van der Waals surface area contributed by atoms with E-state index in [1.807, 2.05) is 13.8 Å². The summed E-state index contributed by atoms with van der Waals surface area (Å²) in [4.78, 5) is 14.2. The van der Waals surface area contributed by atoms with Crippen LogP contribution in [0.25, 0.3) is 10.2 Å². The summed E-state index contributed by atoms with van der Waals surface area (Å²) in [5.41, 5.74) is 2.68. The number of aromatic nitrogens is 2. The van der Waals surface area contributed by atoms with E-state index in [0.717, 1.165) is 27.0 Å². The maximum Gasteiger partial charge on any atom is 0.261 e. The molecule has 4 rings (SSSR count). The third-order valence-electron chi connectivity index (χ3n) is 5.11. The zero-order chi connectivity index (χ0) is 23.6. The second-order valence-corrected chi connectivity index (χ2v) is 10.5.